The van der Waals surface area contributed by atoms with Gasteiger partial charge in [0.1, 0.15) is 11.6 Å². The van der Waals surface area contributed by atoms with E-state index in [1.54, 1.807) is 0 Å². The van der Waals surface area contributed by atoms with E-state index in [2.05, 4.69) is 0 Å². The minimum atomic E-state index is -0.612. The van der Waals surface area contributed by atoms with Gasteiger partial charge in [0.2, 0.25) is 0 Å². The second-order valence-electron chi connectivity index (χ2n) is 4.12. The van der Waals surface area contributed by atoms with Crippen molar-refractivity contribution < 1.29 is 13.9 Å². The van der Waals surface area contributed by atoms with Crippen molar-refractivity contribution in [2.24, 2.45) is 5.73 Å². The van der Waals surface area contributed by atoms with Gasteiger partial charge in [-0.25, -0.2) is 8.78 Å². The van der Waals surface area contributed by atoms with Crippen LogP contribution in [0.15, 0.2) is 18.2 Å². The van der Waals surface area contributed by atoms with Crippen LogP contribution < -0.4 is 5.73 Å². The Kier molecular flexibility index (Phi) is 5.47. The normalized spacial score (nSPS) is 13.1. The number of hydrogen-bond donors (Lipinski definition) is 2. The SMILES string of the molecule is CN(CCO)CCC(N)c1cc(F)cc(F)c1. The summed E-state index contributed by atoms with van der Waals surface area (Å²) in [5.41, 5.74) is 6.31. The number of likely N-dealkylation sites (N-methyl/N-ethyl adjacent to an activating group) is 1. The maximum Gasteiger partial charge on any atom is 0.126 e. The first kappa shape index (κ1) is 14.0. The van der Waals surface area contributed by atoms with Gasteiger partial charge in [0.25, 0.3) is 0 Å². The number of rotatable bonds is 6. The van der Waals surface area contributed by atoms with Crippen LogP contribution in [-0.4, -0.2) is 36.8 Å². The smallest absolute Gasteiger partial charge is 0.126 e. The maximum atomic E-state index is 13.0. The van der Waals surface area contributed by atoms with Crippen molar-refractivity contribution in [2.75, 3.05) is 26.7 Å². The molecule has 5 heteroatoms. The highest BCUT2D eigenvalue weighted by Gasteiger charge is 2.10. The Balaban J connectivity index is 2.54. The first-order chi connectivity index (χ1) is 8.02. The minimum absolute atomic E-state index is 0.0837. The molecule has 0 aliphatic rings. The summed E-state index contributed by atoms with van der Waals surface area (Å²) in [5.74, 6) is -1.22. The summed E-state index contributed by atoms with van der Waals surface area (Å²) in [4.78, 5) is 1.91. The lowest BCUT2D eigenvalue weighted by Crippen LogP contribution is -2.26. The lowest BCUT2D eigenvalue weighted by atomic mass is 10.0. The summed E-state index contributed by atoms with van der Waals surface area (Å²) in [6, 6.07) is 2.93. The largest absolute Gasteiger partial charge is 0.395 e. The molecule has 1 aromatic carbocycles. The molecule has 1 rings (SSSR count). The third kappa shape index (κ3) is 4.77. The van der Waals surface area contributed by atoms with Crippen LogP contribution in [0, 0.1) is 11.6 Å². The van der Waals surface area contributed by atoms with E-state index >= 15 is 0 Å². The van der Waals surface area contributed by atoms with E-state index in [-0.39, 0.29) is 6.61 Å². The fraction of sp³-hybridized carbons (Fsp3) is 0.500. The summed E-state index contributed by atoms with van der Waals surface area (Å²) < 4.78 is 25.9. The quantitative estimate of drug-likeness (QED) is 0.792. The highest BCUT2D eigenvalue weighted by Crippen LogP contribution is 2.17. The fourth-order valence-electron chi connectivity index (χ4n) is 1.60. The average Bonchev–Trinajstić information content (AvgIpc) is 2.25. The fourth-order valence-corrected chi connectivity index (χ4v) is 1.60. The highest BCUT2D eigenvalue weighted by atomic mass is 19.1. The number of aliphatic hydroxyl groups is 1. The van der Waals surface area contributed by atoms with Crippen molar-refractivity contribution in [2.45, 2.75) is 12.5 Å². The van der Waals surface area contributed by atoms with Gasteiger partial charge in [-0.2, -0.15) is 0 Å². The van der Waals surface area contributed by atoms with E-state index in [0.29, 0.717) is 25.1 Å². The predicted molar refractivity (Wildman–Crippen MR) is 62.5 cm³/mol. The first-order valence-electron chi connectivity index (χ1n) is 5.54. The number of hydrogen-bond acceptors (Lipinski definition) is 3. The topological polar surface area (TPSA) is 49.5 Å². The van der Waals surface area contributed by atoms with E-state index in [1.165, 1.54) is 12.1 Å². The van der Waals surface area contributed by atoms with Crippen LogP contribution in [0.3, 0.4) is 0 Å². The van der Waals surface area contributed by atoms with E-state index in [4.69, 9.17) is 10.8 Å². The van der Waals surface area contributed by atoms with Crippen molar-refractivity contribution in [3.05, 3.63) is 35.4 Å². The van der Waals surface area contributed by atoms with E-state index in [0.717, 1.165) is 6.07 Å². The standard InChI is InChI=1S/C12H18F2N2O/c1-16(4-5-17)3-2-12(15)9-6-10(13)8-11(14)7-9/h6-8,12,17H,2-5,15H2,1H3. The Morgan fingerprint density at radius 2 is 1.82 bits per heavy atom. The third-order valence-electron chi connectivity index (χ3n) is 2.62. The second-order valence-corrected chi connectivity index (χ2v) is 4.12. The van der Waals surface area contributed by atoms with Crippen LogP contribution in [-0.2, 0) is 0 Å². The zero-order valence-corrected chi connectivity index (χ0v) is 9.87. The van der Waals surface area contributed by atoms with Crippen LogP contribution in [0.1, 0.15) is 18.0 Å². The van der Waals surface area contributed by atoms with Crippen molar-refractivity contribution in [1.82, 2.24) is 4.90 Å². The van der Waals surface area contributed by atoms with Gasteiger partial charge in [-0.1, -0.05) is 0 Å². The van der Waals surface area contributed by atoms with Crippen molar-refractivity contribution in [3.63, 3.8) is 0 Å². The van der Waals surface area contributed by atoms with Gasteiger partial charge in [0, 0.05) is 18.7 Å². The summed E-state index contributed by atoms with van der Waals surface area (Å²) >= 11 is 0. The molecule has 0 saturated carbocycles. The van der Waals surface area contributed by atoms with Crippen molar-refractivity contribution in [1.29, 1.82) is 0 Å². The molecule has 0 aromatic heterocycles. The van der Waals surface area contributed by atoms with E-state index in [1.807, 2.05) is 11.9 Å². The van der Waals surface area contributed by atoms with Crippen molar-refractivity contribution >= 4 is 0 Å². The lowest BCUT2D eigenvalue weighted by Gasteiger charge is -2.18. The van der Waals surface area contributed by atoms with Gasteiger partial charge >= 0.3 is 0 Å². The molecule has 0 aliphatic heterocycles. The van der Waals surface area contributed by atoms with Crippen LogP contribution in [0.5, 0.6) is 0 Å². The zero-order chi connectivity index (χ0) is 12.8. The van der Waals surface area contributed by atoms with Crippen LogP contribution in [0.25, 0.3) is 0 Å². The summed E-state index contributed by atoms with van der Waals surface area (Å²) in [6.07, 6.45) is 0.583. The first-order valence-corrected chi connectivity index (χ1v) is 5.54. The molecule has 1 aromatic rings. The molecule has 0 aliphatic carbocycles. The predicted octanol–water partition coefficient (Wildman–Crippen LogP) is 1.28. The lowest BCUT2D eigenvalue weighted by molar-refractivity contribution is 0.217. The number of halogens is 2. The van der Waals surface area contributed by atoms with Gasteiger partial charge < -0.3 is 15.7 Å². The van der Waals surface area contributed by atoms with Gasteiger partial charge in [0.15, 0.2) is 0 Å². The van der Waals surface area contributed by atoms with E-state index < -0.39 is 17.7 Å². The minimum Gasteiger partial charge on any atom is -0.395 e. The Bertz CT molecular complexity index is 340. The molecule has 0 saturated heterocycles. The zero-order valence-electron chi connectivity index (χ0n) is 9.87. The molecule has 0 spiro atoms. The molecular weight excluding hydrogens is 226 g/mol. The molecule has 0 heterocycles. The number of aliphatic hydroxyl groups excluding tert-OH is 1. The molecule has 0 radical (unpaired) electrons. The monoisotopic (exact) mass is 244 g/mol. The molecule has 3 N–H and O–H groups in total. The molecule has 1 atom stereocenters. The molecule has 0 amide bonds. The van der Waals surface area contributed by atoms with Gasteiger partial charge in [-0.05, 0) is 37.7 Å². The van der Waals surface area contributed by atoms with Crippen LogP contribution in [0.2, 0.25) is 0 Å². The Morgan fingerprint density at radius 3 is 2.35 bits per heavy atom. The molecular formula is C12H18F2N2O. The maximum absolute atomic E-state index is 13.0. The average molecular weight is 244 g/mol. The molecule has 1 unspecified atom stereocenters. The summed E-state index contributed by atoms with van der Waals surface area (Å²) in [7, 11) is 1.86. The third-order valence-corrected chi connectivity index (χ3v) is 2.62. The second kappa shape index (κ2) is 6.64. The Morgan fingerprint density at radius 1 is 1.24 bits per heavy atom. The Hall–Kier alpha value is -1.04. The van der Waals surface area contributed by atoms with Crippen molar-refractivity contribution in [3.8, 4) is 0 Å². The number of nitrogens with zero attached hydrogens (tertiary/aromatic N) is 1. The molecule has 3 nitrogen and oxygen atoms in total. The molecule has 0 bridgehead atoms. The number of nitrogens with two attached hydrogens (primary N) is 1. The number of benzene rings is 1. The van der Waals surface area contributed by atoms with Crippen LogP contribution >= 0.6 is 0 Å². The Labute approximate surface area is 99.8 Å². The summed E-state index contributed by atoms with van der Waals surface area (Å²) in [5, 5.41) is 8.72. The molecule has 0 fully saturated rings. The molecule has 17 heavy (non-hydrogen) atoms. The van der Waals surface area contributed by atoms with Gasteiger partial charge in [-0.15, -0.1) is 0 Å². The highest BCUT2D eigenvalue weighted by molar-refractivity contribution is 5.21. The van der Waals surface area contributed by atoms with E-state index in [9.17, 15) is 8.78 Å². The van der Waals surface area contributed by atoms with Crippen LogP contribution in [0.4, 0.5) is 8.78 Å². The summed E-state index contributed by atoms with van der Waals surface area (Å²) in [6.45, 7) is 1.31. The molecule has 96 valence electrons. The van der Waals surface area contributed by atoms with Gasteiger partial charge in [0.05, 0.1) is 6.61 Å². The van der Waals surface area contributed by atoms with Gasteiger partial charge in [-0.3, -0.25) is 0 Å².